The molecule has 2 aromatic carbocycles. The van der Waals surface area contributed by atoms with Gasteiger partial charge in [0.1, 0.15) is 12.3 Å². The van der Waals surface area contributed by atoms with Gasteiger partial charge in [0.25, 0.3) is 5.91 Å². The number of hydrogen-bond donors (Lipinski definition) is 0. The highest BCUT2D eigenvalue weighted by atomic mass is 32.1. The van der Waals surface area contributed by atoms with E-state index < -0.39 is 0 Å². The van der Waals surface area contributed by atoms with Gasteiger partial charge in [-0.2, -0.15) is 4.99 Å². The van der Waals surface area contributed by atoms with Crippen molar-refractivity contribution >= 4 is 33.4 Å². The molecule has 0 aliphatic carbocycles. The van der Waals surface area contributed by atoms with Crippen molar-refractivity contribution in [2.75, 3.05) is 13.2 Å². The van der Waals surface area contributed by atoms with Crippen LogP contribution in [0.15, 0.2) is 53.5 Å². The van der Waals surface area contributed by atoms with E-state index in [0.717, 1.165) is 35.2 Å². The summed E-state index contributed by atoms with van der Waals surface area (Å²) >= 11 is 1.37. The second-order valence-electron chi connectivity index (χ2n) is 6.74. The van der Waals surface area contributed by atoms with Gasteiger partial charge < -0.3 is 14.0 Å². The van der Waals surface area contributed by atoms with Crippen LogP contribution in [0.3, 0.4) is 0 Å². The monoisotopic (exact) mass is 426 g/mol. The van der Waals surface area contributed by atoms with Gasteiger partial charge in [0.05, 0.1) is 23.4 Å². The van der Waals surface area contributed by atoms with Crippen LogP contribution in [0.1, 0.15) is 43.5 Å². The van der Waals surface area contributed by atoms with E-state index in [1.54, 1.807) is 35.8 Å². The van der Waals surface area contributed by atoms with E-state index in [2.05, 4.69) is 11.9 Å². The van der Waals surface area contributed by atoms with Gasteiger partial charge in [0.2, 0.25) is 0 Å². The van der Waals surface area contributed by atoms with E-state index in [1.807, 2.05) is 24.3 Å². The molecule has 0 saturated carbocycles. The van der Waals surface area contributed by atoms with Gasteiger partial charge in [-0.05, 0) is 49.7 Å². The second kappa shape index (κ2) is 10.7. The number of thiazole rings is 1. The van der Waals surface area contributed by atoms with Gasteiger partial charge in [0.15, 0.2) is 4.80 Å². The molecular weight excluding hydrogens is 400 g/mol. The van der Waals surface area contributed by atoms with Gasteiger partial charge in [-0.1, -0.05) is 43.2 Å². The van der Waals surface area contributed by atoms with Gasteiger partial charge in [-0.15, -0.1) is 0 Å². The lowest BCUT2D eigenvalue weighted by atomic mass is 10.2. The van der Waals surface area contributed by atoms with Crippen molar-refractivity contribution in [2.24, 2.45) is 4.99 Å². The Bertz CT molecular complexity index is 1070. The molecule has 1 amide bonds. The van der Waals surface area contributed by atoms with Crippen LogP contribution in [0.4, 0.5) is 0 Å². The van der Waals surface area contributed by atoms with Crippen molar-refractivity contribution in [3.8, 4) is 5.75 Å². The van der Waals surface area contributed by atoms with Crippen molar-refractivity contribution in [2.45, 2.75) is 39.7 Å². The molecule has 0 atom stereocenters. The fourth-order valence-electron chi connectivity index (χ4n) is 2.98. The summed E-state index contributed by atoms with van der Waals surface area (Å²) in [5, 5.41) is 0. The second-order valence-corrected chi connectivity index (χ2v) is 7.75. The average Bonchev–Trinajstić information content (AvgIpc) is 3.09. The van der Waals surface area contributed by atoms with E-state index >= 15 is 0 Å². The van der Waals surface area contributed by atoms with E-state index in [-0.39, 0.29) is 18.4 Å². The van der Waals surface area contributed by atoms with Crippen LogP contribution in [0.5, 0.6) is 5.75 Å². The number of esters is 1. The summed E-state index contributed by atoms with van der Waals surface area (Å²) in [5.41, 5.74) is 1.31. The molecule has 0 unspecified atom stereocenters. The summed E-state index contributed by atoms with van der Waals surface area (Å²) in [6.45, 7) is 4.90. The SMILES string of the molecule is CCCCCOc1ccc(C(=O)N=c2sc3ccccc3n2CC(=O)OCC)cc1. The molecule has 1 aromatic heterocycles. The standard InChI is InChI=1S/C23H26N2O4S/c1-3-5-8-15-29-18-13-11-17(12-14-18)22(27)24-23-25(16-21(26)28-4-2)19-9-6-7-10-20(19)30-23/h6-7,9-14H,3-5,8,15-16H2,1-2H3. The predicted molar refractivity (Wildman–Crippen MR) is 118 cm³/mol. The Hall–Kier alpha value is -2.93. The third kappa shape index (κ3) is 5.57. The van der Waals surface area contributed by atoms with Gasteiger partial charge >= 0.3 is 5.97 Å². The van der Waals surface area contributed by atoms with Crippen molar-refractivity contribution < 1.29 is 19.1 Å². The lowest BCUT2D eigenvalue weighted by molar-refractivity contribution is -0.143. The summed E-state index contributed by atoms with van der Waals surface area (Å²) < 4.78 is 13.4. The first-order valence-corrected chi connectivity index (χ1v) is 11.0. The minimum Gasteiger partial charge on any atom is -0.494 e. The molecule has 0 spiro atoms. The van der Waals surface area contributed by atoms with E-state index in [4.69, 9.17) is 9.47 Å². The van der Waals surface area contributed by atoms with Crippen LogP contribution in [0.2, 0.25) is 0 Å². The number of carbonyl (C=O) groups excluding carboxylic acids is 2. The number of carbonyl (C=O) groups is 2. The highest BCUT2D eigenvalue weighted by Gasteiger charge is 2.12. The Labute approximate surface area is 179 Å². The molecule has 3 rings (SSSR count). The van der Waals surface area contributed by atoms with Crippen molar-refractivity contribution in [1.82, 2.24) is 4.57 Å². The van der Waals surface area contributed by atoms with Crippen LogP contribution in [0.25, 0.3) is 10.2 Å². The van der Waals surface area contributed by atoms with E-state index in [1.165, 1.54) is 11.3 Å². The van der Waals surface area contributed by atoms with E-state index in [0.29, 0.717) is 23.6 Å². The number of nitrogens with zero attached hydrogens (tertiary/aromatic N) is 2. The maximum absolute atomic E-state index is 12.7. The zero-order valence-electron chi connectivity index (χ0n) is 17.3. The predicted octanol–water partition coefficient (Wildman–Crippen LogP) is 4.58. The Kier molecular flexibility index (Phi) is 7.79. The first-order chi connectivity index (χ1) is 14.6. The molecular formula is C23H26N2O4S. The summed E-state index contributed by atoms with van der Waals surface area (Å²) in [5.74, 6) is 0.0121. The number of unbranched alkanes of at least 4 members (excludes halogenated alkanes) is 2. The molecule has 0 fully saturated rings. The van der Waals surface area contributed by atoms with Gasteiger partial charge in [0, 0.05) is 5.56 Å². The fraction of sp³-hybridized carbons (Fsp3) is 0.348. The Morgan fingerprint density at radius 2 is 1.80 bits per heavy atom. The van der Waals surface area contributed by atoms with Crippen LogP contribution < -0.4 is 9.54 Å². The minimum atomic E-state index is -0.364. The lowest BCUT2D eigenvalue weighted by Gasteiger charge is -2.06. The summed E-state index contributed by atoms with van der Waals surface area (Å²) in [6.07, 6.45) is 3.29. The normalized spacial score (nSPS) is 11.6. The number of fused-ring (bicyclic) bond motifs is 1. The highest BCUT2D eigenvalue weighted by Crippen LogP contribution is 2.18. The maximum atomic E-state index is 12.7. The molecule has 7 heteroatoms. The van der Waals surface area contributed by atoms with E-state index in [9.17, 15) is 9.59 Å². The molecule has 0 saturated heterocycles. The summed E-state index contributed by atoms with van der Waals surface area (Å²) in [6, 6.07) is 14.6. The summed E-state index contributed by atoms with van der Waals surface area (Å²) in [7, 11) is 0. The third-order valence-electron chi connectivity index (χ3n) is 4.50. The molecule has 0 bridgehead atoms. The topological polar surface area (TPSA) is 69.9 Å². The molecule has 1 heterocycles. The third-order valence-corrected chi connectivity index (χ3v) is 5.56. The molecule has 0 radical (unpaired) electrons. The van der Waals surface area contributed by atoms with Crippen LogP contribution in [0, 0.1) is 0 Å². The number of hydrogen-bond acceptors (Lipinski definition) is 5. The largest absolute Gasteiger partial charge is 0.494 e. The molecule has 30 heavy (non-hydrogen) atoms. The zero-order chi connectivity index (χ0) is 21.3. The number of benzene rings is 2. The molecule has 0 aliphatic rings. The molecule has 158 valence electrons. The molecule has 0 N–H and O–H groups in total. The number of para-hydroxylation sites is 1. The number of rotatable bonds is 9. The van der Waals surface area contributed by atoms with Crippen molar-refractivity contribution in [1.29, 1.82) is 0 Å². The first-order valence-electron chi connectivity index (χ1n) is 10.2. The Morgan fingerprint density at radius 1 is 1.03 bits per heavy atom. The minimum absolute atomic E-state index is 0.00844. The number of ether oxygens (including phenoxy) is 2. The van der Waals surface area contributed by atoms with Gasteiger partial charge in [-0.3, -0.25) is 9.59 Å². The summed E-state index contributed by atoms with van der Waals surface area (Å²) in [4.78, 5) is 29.5. The smallest absolute Gasteiger partial charge is 0.326 e. The fourth-order valence-corrected chi connectivity index (χ4v) is 4.01. The number of aromatic nitrogens is 1. The first kappa shape index (κ1) is 21.8. The maximum Gasteiger partial charge on any atom is 0.326 e. The quantitative estimate of drug-likeness (QED) is 0.371. The average molecular weight is 427 g/mol. The van der Waals surface area contributed by atoms with Crippen LogP contribution in [-0.2, 0) is 16.1 Å². The van der Waals surface area contributed by atoms with Crippen molar-refractivity contribution in [3.63, 3.8) is 0 Å². The lowest BCUT2D eigenvalue weighted by Crippen LogP contribution is -2.23. The Balaban J connectivity index is 1.83. The Morgan fingerprint density at radius 3 is 2.53 bits per heavy atom. The highest BCUT2D eigenvalue weighted by molar-refractivity contribution is 7.16. The molecule has 6 nitrogen and oxygen atoms in total. The van der Waals surface area contributed by atoms with Crippen LogP contribution in [-0.4, -0.2) is 29.7 Å². The number of amides is 1. The van der Waals surface area contributed by atoms with Crippen molar-refractivity contribution in [3.05, 3.63) is 58.9 Å². The van der Waals surface area contributed by atoms with Crippen LogP contribution >= 0.6 is 11.3 Å². The zero-order valence-corrected chi connectivity index (χ0v) is 18.1. The molecule has 3 aromatic rings. The van der Waals surface area contributed by atoms with Gasteiger partial charge in [-0.25, -0.2) is 0 Å². The molecule has 0 aliphatic heterocycles.